The van der Waals surface area contributed by atoms with Crippen LogP contribution in [-0.4, -0.2) is 13.7 Å². The van der Waals surface area contributed by atoms with Gasteiger partial charge in [0, 0.05) is 24.2 Å². The van der Waals surface area contributed by atoms with E-state index in [2.05, 4.69) is 47.8 Å². The Kier molecular flexibility index (Phi) is 2.93. The van der Waals surface area contributed by atoms with Crippen LogP contribution in [-0.2, 0) is 6.42 Å². The lowest BCUT2D eigenvalue weighted by Gasteiger charge is -2.26. The molecule has 2 nitrogen and oxygen atoms in total. The monoisotopic (exact) mass is 239 g/mol. The summed E-state index contributed by atoms with van der Waals surface area (Å²) < 4.78 is 5.25. The summed E-state index contributed by atoms with van der Waals surface area (Å²) >= 11 is 0. The lowest BCUT2D eigenvalue weighted by atomic mass is 9.88. The van der Waals surface area contributed by atoms with Crippen molar-refractivity contribution in [2.75, 3.05) is 19.0 Å². The van der Waals surface area contributed by atoms with E-state index in [0.29, 0.717) is 5.92 Å². The third kappa shape index (κ3) is 2.06. The van der Waals surface area contributed by atoms with E-state index >= 15 is 0 Å². The van der Waals surface area contributed by atoms with Crippen molar-refractivity contribution < 1.29 is 4.74 Å². The molecule has 18 heavy (non-hydrogen) atoms. The first kappa shape index (κ1) is 11.1. The molecule has 0 spiro atoms. The van der Waals surface area contributed by atoms with Crippen molar-refractivity contribution in [3.05, 3.63) is 59.7 Å². The van der Waals surface area contributed by atoms with Crippen molar-refractivity contribution in [1.29, 1.82) is 0 Å². The molecular weight excluding hydrogens is 222 g/mol. The Morgan fingerprint density at radius 2 is 1.94 bits per heavy atom. The van der Waals surface area contributed by atoms with E-state index in [-0.39, 0.29) is 0 Å². The van der Waals surface area contributed by atoms with Crippen LogP contribution in [0.3, 0.4) is 0 Å². The van der Waals surface area contributed by atoms with Crippen LogP contribution in [0.15, 0.2) is 48.5 Å². The topological polar surface area (TPSA) is 21.3 Å². The van der Waals surface area contributed by atoms with E-state index in [0.717, 1.165) is 18.7 Å². The minimum Gasteiger partial charge on any atom is -0.497 e. The molecule has 0 aliphatic carbocycles. The molecule has 1 aliphatic rings. The molecule has 1 atom stereocenters. The molecule has 1 aliphatic heterocycles. The zero-order valence-electron chi connectivity index (χ0n) is 10.5. The third-order valence-electron chi connectivity index (χ3n) is 3.59. The summed E-state index contributed by atoms with van der Waals surface area (Å²) in [6.07, 6.45) is 1.09. The largest absolute Gasteiger partial charge is 0.497 e. The molecule has 0 radical (unpaired) electrons. The summed E-state index contributed by atoms with van der Waals surface area (Å²) in [4.78, 5) is 0. The van der Waals surface area contributed by atoms with Crippen molar-refractivity contribution in [3.8, 4) is 5.75 Å². The van der Waals surface area contributed by atoms with E-state index in [9.17, 15) is 0 Å². The van der Waals surface area contributed by atoms with Gasteiger partial charge in [0.1, 0.15) is 5.75 Å². The van der Waals surface area contributed by atoms with Crippen LogP contribution in [0.25, 0.3) is 0 Å². The number of hydrogen-bond donors (Lipinski definition) is 1. The number of rotatable bonds is 2. The van der Waals surface area contributed by atoms with E-state index < -0.39 is 0 Å². The average molecular weight is 239 g/mol. The van der Waals surface area contributed by atoms with Gasteiger partial charge in [0.2, 0.25) is 0 Å². The van der Waals surface area contributed by atoms with Crippen molar-refractivity contribution in [3.63, 3.8) is 0 Å². The lowest BCUT2D eigenvalue weighted by molar-refractivity contribution is 0.414. The van der Waals surface area contributed by atoms with Gasteiger partial charge in [0.25, 0.3) is 0 Å². The normalized spacial score (nSPS) is 17.7. The molecule has 0 saturated heterocycles. The van der Waals surface area contributed by atoms with E-state index in [1.807, 2.05) is 6.07 Å². The molecule has 0 amide bonds. The van der Waals surface area contributed by atoms with Gasteiger partial charge in [-0.3, -0.25) is 0 Å². The third-order valence-corrected chi connectivity index (χ3v) is 3.59. The molecule has 2 aromatic rings. The van der Waals surface area contributed by atoms with Crippen molar-refractivity contribution in [2.24, 2.45) is 0 Å². The first-order valence-corrected chi connectivity index (χ1v) is 6.32. The van der Waals surface area contributed by atoms with Crippen LogP contribution in [0.1, 0.15) is 17.0 Å². The number of hydrogen-bond acceptors (Lipinski definition) is 2. The van der Waals surface area contributed by atoms with Crippen LogP contribution in [0.4, 0.5) is 5.69 Å². The van der Waals surface area contributed by atoms with Crippen molar-refractivity contribution >= 4 is 5.69 Å². The highest BCUT2D eigenvalue weighted by Gasteiger charge is 2.19. The highest BCUT2D eigenvalue weighted by molar-refractivity contribution is 5.58. The predicted molar refractivity (Wildman–Crippen MR) is 74.4 cm³/mol. The highest BCUT2D eigenvalue weighted by atomic mass is 16.5. The molecule has 0 fully saturated rings. The Bertz CT molecular complexity index is 536. The molecular formula is C16H17NO. The van der Waals surface area contributed by atoms with Crippen LogP contribution in [0, 0.1) is 0 Å². The lowest BCUT2D eigenvalue weighted by Crippen LogP contribution is -2.21. The Morgan fingerprint density at radius 1 is 1.11 bits per heavy atom. The van der Waals surface area contributed by atoms with Gasteiger partial charge >= 0.3 is 0 Å². The second kappa shape index (κ2) is 4.73. The molecule has 2 heteroatoms. The highest BCUT2D eigenvalue weighted by Crippen LogP contribution is 2.32. The Labute approximate surface area is 108 Å². The fourth-order valence-corrected chi connectivity index (χ4v) is 2.56. The fraction of sp³-hybridized carbons (Fsp3) is 0.250. The Hall–Kier alpha value is -1.96. The van der Waals surface area contributed by atoms with Gasteiger partial charge in [-0.15, -0.1) is 0 Å². The summed E-state index contributed by atoms with van der Waals surface area (Å²) in [6, 6.07) is 17.0. The number of fused-ring (bicyclic) bond motifs is 1. The standard InChI is InChI=1S/C16H17NO/c1-18-15-8-7-13-9-14(11-17-16(13)10-15)12-5-3-2-4-6-12/h2-8,10,14,17H,9,11H2,1H3. The molecule has 92 valence electrons. The van der Waals surface area contributed by atoms with Crippen molar-refractivity contribution in [2.45, 2.75) is 12.3 Å². The fourth-order valence-electron chi connectivity index (χ4n) is 2.56. The molecule has 1 N–H and O–H groups in total. The molecule has 1 unspecified atom stereocenters. The Balaban J connectivity index is 1.85. The maximum absolute atomic E-state index is 5.25. The first-order valence-electron chi connectivity index (χ1n) is 6.32. The van der Waals surface area contributed by atoms with Crippen LogP contribution < -0.4 is 10.1 Å². The summed E-state index contributed by atoms with van der Waals surface area (Å²) in [5.41, 5.74) is 3.99. The minimum atomic E-state index is 0.562. The average Bonchev–Trinajstić information content (AvgIpc) is 2.47. The maximum atomic E-state index is 5.25. The summed E-state index contributed by atoms with van der Waals surface area (Å²) in [5, 5.41) is 3.51. The maximum Gasteiger partial charge on any atom is 0.120 e. The van der Waals surface area contributed by atoms with Gasteiger partial charge in [-0.2, -0.15) is 0 Å². The first-order chi connectivity index (χ1) is 8.86. The second-order valence-electron chi connectivity index (χ2n) is 4.72. The number of benzene rings is 2. The smallest absolute Gasteiger partial charge is 0.120 e. The van der Waals surface area contributed by atoms with Crippen LogP contribution >= 0.6 is 0 Å². The minimum absolute atomic E-state index is 0.562. The van der Waals surface area contributed by atoms with Gasteiger partial charge in [-0.1, -0.05) is 36.4 Å². The van der Waals surface area contributed by atoms with Crippen LogP contribution in [0.2, 0.25) is 0 Å². The number of methoxy groups -OCH3 is 1. The Morgan fingerprint density at radius 3 is 2.72 bits per heavy atom. The molecule has 0 saturated carbocycles. The number of anilines is 1. The number of ether oxygens (including phenoxy) is 1. The van der Waals surface area contributed by atoms with Gasteiger partial charge in [-0.25, -0.2) is 0 Å². The van der Waals surface area contributed by atoms with E-state index in [4.69, 9.17) is 4.74 Å². The predicted octanol–water partition coefficient (Wildman–Crippen LogP) is 3.45. The molecule has 0 bridgehead atoms. The quantitative estimate of drug-likeness (QED) is 0.866. The second-order valence-corrected chi connectivity index (χ2v) is 4.72. The molecule has 2 aromatic carbocycles. The van der Waals surface area contributed by atoms with E-state index in [1.165, 1.54) is 16.8 Å². The zero-order valence-corrected chi connectivity index (χ0v) is 10.5. The van der Waals surface area contributed by atoms with Gasteiger partial charge in [-0.05, 0) is 23.6 Å². The summed E-state index contributed by atoms with van der Waals surface area (Å²) in [7, 11) is 1.71. The van der Waals surface area contributed by atoms with Crippen molar-refractivity contribution in [1.82, 2.24) is 0 Å². The van der Waals surface area contributed by atoms with E-state index in [1.54, 1.807) is 7.11 Å². The molecule has 0 aromatic heterocycles. The van der Waals surface area contributed by atoms with Gasteiger partial charge < -0.3 is 10.1 Å². The van der Waals surface area contributed by atoms with Gasteiger partial charge in [0.15, 0.2) is 0 Å². The molecule has 3 rings (SSSR count). The summed E-state index contributed by atoms with van der Waals surface area (Å²) in [6.45, 7) is 0.990. The number of nitrogens with one attached hydrogen (secondary N) is 1. The zero-order chi connectivity index (χ0) is 12.4. The van der Waals surface area contributed by atoms with Gasteiger partial charge in [0.05, 0.1) is 7.11 Å². The summed E-state index contributed by atoms with van der Waals surface area (Å²) in [5.74, 6) is 1.48. The van der Waals surface area contributed by atoms with Crippen LogP contribution in [0.5, 0.6) is 5.75 Å². The SMILES string of the molecule is COc1ccc2c(c1)NCC(c1ccccc1)C2. The molecule has 1 heterocycles.